The number of carbonyl (C=O) groups excluding carboxylic acids is 1. The Balaban J connectivity index is 0.00000220. The molecule has 0 saturated carbocycles. The van der Waals surface area contributed by atoms with Crippen molar-refractivity contribution in [1.82, 2.24) is 9.96 Å². The number of primary sulfonamides is 1. The molecule has 2 saturated heterocycles. The average Bonchev–Trinajstić information content (AvgIpc) is 2.52. The molecule has 2 atom stereocenters. The summed E-state index contributed by atoms with van der Waals surface area (Å²) in [7, 11) is -4.06. The molecule has 2 fully saturated rings. The average molecular weight is 338 g/mol. The zero-order valence-electron chi connectivity index (χ0n) is 10.9. The van der Waals surface area contributed by atoms with Crippen molar-refractivity contribution in [1.29, 1.82) is 0 Å². The van der Waals surface area contributed by atoms with Crippen LogP contribution in [0.5, 0.6) is 0 Å². The van der Waals surface area contributed by atoms with Crippen LogP contribution < -0.4 is 34.7 Å². The van der Waals surface area contributed by atoms with E-state index in [9.17, 15) is 26.8 Å². The van der Waals surface area contributed by atoms with Gasteiger partial charge in [0.05, 0.1) is 6.04 Å². The number of rotatable bonds is 4. The van der Waals surface area contributed by atoms with E-state index in [4.69, 9.17) is 10.2 Å². The number of nitrogens with zero attached hydrogens (tertiary/aromatic N) is 2. The molecule has 2 aliphatic rings. The molecule has 9 nitrogen and oxygen atoms in total. The van der Waals surface area contributed by atoms with Gasteiger partial charge in [0.15, 0.2) is 0 Å². The molecule has 2 heterocycles. The monoisotopic (exact) mass is 338 g/mol. The fourth-order valence-electron chi connectivity index (χ4n) is 2.22. The van der Waals surface area contributed by atoms with E-state index in [0.717, 1.165) is 4.90 Å². The first-order valence-electron chi connectivity index (χ1n) is 5.46. The first-order chi connectivity index (χ1) is 9.04. The standard InChI is InChI=1S/C8H11F2N3O6S.Na/c9-8(10,6(14)15)19-13-4-1-2-5(20(11,17)18)12(3-4)7(13)16;/h4-5H,1-3H2,(H,14,15)(H2,11,17,18);/q;+1/t4-,5-;/m1./s1. The van der Waals surface area contributed by atoms with Gasteiger partial charge < -0.3 is 10.0 Å². The number of piperidine rings is 1. The molecule has 3 N–H and O–H groups in total. The van der Waals surface area contributed by atoms with Crippen LogP contribution in [-0.4, -0.2) is 59.6 Å². The third kappa shape index (κ3) is 3.46. The molecule has 2 aliphatic heterocycles. The number of alkyl halides is 2. The number of nitrogens with two attached hydrogens (primary N) is 1. The van der Waals surface area contributed by atoms with Crippen LogP contribution in [0.15, 0.2) is 0 Å². The van der Waals surface area contributed by atoms with Gasteiger partial charge in [-0.1, -0.05) is 0 Å². The Bertz CT molecular complexity index is 558. The number of carbonyl (C=O) groups is 2. The number of amides is 2. The van der Waals surface area contributed by atoms with E-state index in [1.807, 2.05) is 0 Å². The maximum atomic E-state index is 13.0. The Morgan fingerprint density at radius 1 is 1.43 bits per heavy atom. The van der Waals surface area contributed by atoms with Crippen molar-refractivity contribution in [3.05, 3.63) is 0 Å². The molecule has 21 heavy (non-hydrogen) atoms. The molecule has 0 aromatic heterocycles. The van der Waals surface area contributed by atoms with Gasteiger partial charge in [0.2, 0.25) is 10.0 Å². The van der Waals surface area contributed by atoms with Crippen molar-refractivity contribution >= 4 is 22.0 Å². The van der Waals surface area contributed by atoms with Crippen LogP contribution in [0.4, 0.5) is 13.6 Å². The summed E-state index contributed by atoms with van der Waals surface area (Å²) in [5, 5.41) is 12.1. The third-order valence-electron chi connectivity index (χ3n) is 3.11. The van der Waals surface area contributed by atoms with Crippen LogP contribution in [0.3, 0.4) is 0 Å². The molecule has 13 heteroatoms. The molecule has 0 aromatic carbocycles. The van der Waals surface area contributed by atoms with Crippen LogP contribution >= 0.6 is 0 Å². The van der Waals surface area contributed by atoms with Gasteiger partial charge in [-0.05, 0) is 12.8 Å². The molecule has 2 bridgehead atoms. The van der Waals surface area contributed by atoms with Gasteiger partial charge in [-0.25, -0.2) is 23.1 Å². The van der Waals surface area contributed by atoms with Crippen molar-refractivity contribution in [2.45, 2.75) is 30.4 Å². The maximum absolute atomic E-state index is 13.0. The number of urea groups is 1. The van der Waals surface area contributed by atoms with Crippen LogP contribution in [0.2, 0.25) is 0 Å². The van der Waals surface area contributed by atoms with E-state index >= 15 is 0 Å². The summed E-state index contributed by atoms with van der Waals surface area (Å²) in [4.78, 5) is 26.8. The Kier molecular flexibility index (Phi) is 5.23. The second-order valence-corrected chi connectivity index (χ2v) is 6.17. The second kappa shape index (κ2) is 5.93. The van der Waals surface area contributed by atoms with Gasteiger partial charge in [-0.15, -0.1) is 0 Å². The first kappa shape index (κ1) is 18.5. The van der Waals surface area contributed by atoms with Crippen LogP contribution in [0.1, 0.15) is 12.8 Å². The van der Waals surface area contributed by atoms with E-state index in [2.05, 4.69) is 4.84 Å². The molecule has 0 radical (unpaired) electrons. The number of halogens is 2. The molecule has 0 unspecified atom stereocenters. The Morgan fingerprint density at radius 2 is 2.00 bits per heavy atom. The second-order valence-electron chi connectivity index (χ2n) is 4.45. The van der Waals surface area contributed by atoms with Crippen LogP contribution in [0, 0.1) is 0 Å². The van der Waals surface area contributed by atoms with E-state index in [1.54, 1.807) is 0 Å². The maximum Gasteiger partial charge on any atom is 1.00 e. The zero-order valence-corrected chi connectivity index (χ0v) is 13.7. The molecule has 0 aliphatic carbocycles. The van der Waals surface area contributed by atoms with E-state index in [1.165, 1.54) is 0 Å². The quantitative estimate of drug-likeness (QED) is 0.504. The first-order valence-corrected chi connectivity index (χ1v) is 7.07. The summed E-state index contributed by atoms with van der Waals surface area (Å²) >= 11 is 0. The van der Waals surface area contributed by atoms with Crippen molar-refractivity contribution in [3.8, 4) is 0 Å². The fraction of sp³-hybridized carbons (Fsp3) is 0.750. The molecule has 0 spiro atoms. The molecule has 2 rings (SSSR count). The molecule has 2 amide bonds. The van der Waals surface area contributed by atoms with Gasteiger partial charge >= 0.3 is 47.7 Å². The number of hydroxylamine groups is 2. The van der Waals surface area contributed by atoms with Crippen LogP contribution in [-0.2, 0) is 19.7 Å². The topological polar surface area (TPSA) is 130 Å². The molecule has 114 valence electrons. The molecular weight excluding hydrogens is 327 g/mol. The number of hydrogen-bond acceptors (Lipinski definition) is 5. The summed E-state index contributed by atoms with van der Waals surface area (Å²) in [6.07, 6.45) is -4.56. The summed E-state index contributed by atoms with van der Waals surface area (Å²) in [5.74, 6) is -2.55. The summed E-state index contributed by atoms with van der Waals surface area (Å²) in [5.41, 5.74) is 0. The smallest absolute Gasteiger partial charge is 0.475 e. The minimum absolute atomic E-state index is 0. The summed E-state index contributed by atoms with van der Waals surface area (Å²) in [6.45, 7) is -0.171. The van der Waals surface area contributed by atoms with Crippen molar-refractivity contribution < 1.29 is 66.3 Å². The number of fused-ring (bicyclic) bond motifs is 2. The van der Waals surface area contributed by atoms with Crippen molar-refractivity contribution in [3.63, 3.8) is 0 Å². The number of carboxylic acids is 1. The predicted molar refractivity (Wildman–Crippen MR) is 57.5 cm³/mol. The normalized spacial score (nSPS) is 25.8. The van der Waals surface area contributed by atoms with Crippen LogP contribution in [0.25, 0.3) is 0 Å². The predicted octanol–water partition coefficient (Wildman–Crippen LogP) is -3.89. The third-order valence-corrected chi connectivity index (χ3v) is 4.36. The van der Waals surface area contributed by atoms with Crippen molar-refractivity contribution in [2.75, 3.05) is 6.54 Å². The SMILES string of the molecule is NS(=O)(=O)[C@@H]1CC[C@@H]2CN1C(=O)N2OC(F)(F)C(=O)O.[Na+]. The Labute approximate surface area is 140 Å². The Hall–Kier alpha value is -0.530. The molecule has 0 aromatic rings. The number of carboxylic acid groups (broad SMARTS) is 1. The largest absolute Gasteiger partial charge is 1.00 e. The van der Waals surface area contributed by atoms with Gasteiger partial charge in [-0.3, -0.25) is 0 Å². The Morgan fingerprint density at radius 3 is 2.48 bits per heavy atom. The van der Waals surface area contributed by atoms with Gasteiger partial charge in [0, 0.05) is 6.54 Å². The van der Waals surface area contributed by atoms with Gasteiger partial charge in [-0.2, -0.15) is 18.7 Å². The number of sulfonamides is 1. The van der Waals surface area contributed by atoms with E-state index < -0.39 is 39.5 Å². The van der Waals surface area contributed by atoms with E-state index in [0.29, 0.717) is 0 Å². The van der Waals surface area contributed by atoms with E-state index in [-0.39, 0.29) is 54.0 Å². The van der Waals surface area contributed by atoms with Gasteiger partial charge in [0.1, 0.15) is 5.37 Å². The molecular formula is C8H11F2N3NaO6S+. The summed E-state index contributed by atoms with van der Waals surface area (Å²) < 4.78 is 48.6. The minimum Gasteiger partial charge on any atom is -0.475 e. The van der Waals surface area contributed by atoms with Gasteiger partial charge in [0.25, 0.3) is 0 Å². The zero-order chi connectivity index (χ0) is 15.3. The number of aliphatic carboxylic acids is 1. The summed E-state index contributed by atoms with van der Waals surface area (Å²) in [6, 6.07) is -1.99. The fourth-order valence-corrected chi connectivity index (χ4v) is 3.22. The minimum atomic E-state index is -4.58. The van der Waals surface area contributed by atoms with Crippen molar-refractivity contribution in [2.24, 2.45) is 5.14 Å². The number of hydrogen-bond donors (Lipinski definition) is 2.